The summed E-state index contributed by atoms with van der Waals surface area (Å²) in [5, 5.41) is 9.27. The molecule has 0 aromatic heterocycles. The molecule has 5 nitrogen and oxygen atoms in total. The van der Waals surface area contributed by atoms with Gasteiger partial charge in [0.05, 0.1) is 6.54 Å². The van der Waals surface area contributed by atoms with E-state index in [0.29, 0.717) is 22.8 Å². The van der Waals surface area contributed by atoms with Gasteiger partial charge < -0.3 is 16.0 Å². The third kappa shape index (κ3) is 5.80. The summed E-state index contributed by atoms with van der Waals surface area (Å²) in [6, 6.07) is 12.3. The zero-order valence-electron chi connectivity index (χ0n) is 14.4. The van der Waals surface area contributed by atoms with Crippen LogP contribution in [-0.2, 0) is 4.79 Å². The maximum Gasteiger partial charge on any atom is 0.251 e. The van der Waals surface area contributed by atoms with Gasteiger partial charge in [-0.3, -0.25) is 9.59 Å². The van der Waals surface area contributed by atoms with Crippen molar-refractivity contribution in [2.24, 2.45) is 0 Å². The largest absolute Gasteiger partial charge is 0.376 e. The quantitative estimate of drug-likeness (QED) is 0.703. The van der Waals surface area contributed by atoms with Crippen LogP contribution in [0.1, 0.15) is 29.3 Å². The Morgan fingerprint density at radius 3 is 2.36 bits per heavy atom. The van der Waals surface area contributed by atoms with E-state index < -0.39 is 0 Å². The lowest BCUT2D eigenvalue weighted by Crippen LogP contribution is -2.24. The summed E-state index contributed by atoms with van der Waals surface area (Å²) in [6.07, 6.45) is 0.888. The number of carbonyl (C=O) groups is 2. The molecule has 0 saturated heterocycles. The molecule has 132 valence electrons. The number of halogens is 1. The molecule has 0 aliphatic rings. The van der Waals surface area contributed by atoms with Crippen LogP contribution in [0.4, 0.5) is 11.4 Å². The maximum atomic E-state index is 12.0. The Balaban J connectivity index is 1.85. The molecule has 0 saturated carbocycles. The molecular weight excluding hydrogens is 338 g/mol. The highest BCUT2D eigenvalue weighted by Crippen LogP contribution is 2.19. The number of aryl methyl sites for hydroxylation is 1. The first kappa shape index (κ1) is 18.8. The number of hydrogen-bond acceptors (Lipinski definition) is 3. The average molecular weight is 360 g/mol. The van der Waals surface area contributed by atoms with Crippen molar-refractivity contribution in [2.75, 3.05) is 23.7 Å². The van der Waals surface area contributed by atoms with E-state index in [2.05, 4.69) is 16.0 Å². The number of anilines is 2. The van der Waals surface area contributed by atoms with Crippen molar-refractivity contribution in [1.82, 2.24) is 5.32 Å². The van der Waals surface area contributed by atoms with Crippen molar-refractivity contribution in [3.8, 4) is 0 Å². The first-order chi connectivity index (χ1) is 12.0. The van der Waals surface area contributed by atoms with Crippen LogP contribution in [0.5, 0.6) is 0 Å². The number of rotatable bonds is 7. The van der Waals surface area contributed by atoms with Gasteiger partial charge in [-0.2, -0.15) is 0 Å². The molecule has 2 rings (SSSR count). The molecule has 0 aliphatic carbocycles. The van der Waals surface area contributed by atoms with Gasteiger partial charge in [0.2, 0.25) is 5.91 Å². The molecular formula is C19H22ClN3O2. The third-order valence-corrected chi connectivity index (χ3v) is 4.00. The van der Waals surface area contributed by atoms with Crippen LogP contribution in [0.25, 0.3) is 0 Å². The Bertz CT molecular complexity index is 745. The van der Waals surface area contributed by atoms with Crippen LogP contribution in [0.15, 0.2) is 42.5 Å². The normalized spacial score (nSPS) is 10.2. The van der Waals surface area contributed by atoms with Crippen molar-refractivity contribution in [3.63, 3.8) is 0 Å². The molecule has 0 radical (unpaired) electrons. The fraction of sp³-hybridized carbons (Fsp3) is 0.263. The van der Waals surface area contributed by atoms with Crippen LogP contribution in [0, 0.1) is 6.92 Å². The molecule has 0 atom stereocenters. The predicted octanol–water partition coefficient (Wildman–Crippen LogP) is 3.84. The van der Waals surface area contributed by atoms with E-state index in [1.165, 1.54) is 0 Å². The lowest BCUT2D eigenvalue weighted by Gasteiger charge is -2.09. The van der Waals surface area contributed by atoms with Crippen molar-refractivity contribution in [3.05, 3.63) is 58.6 Å². The van der Waals surface area contributed by atoms with Crippen LogP contribution in [-0.4, -0.2) is 24.9 Å². The number of benzene rings is 2. The van der Waals surface area contributed by atoms with Gasteiger partial charge in [-0.05, 0) is 55.3 Å². The zero-order chi connectivity index (χ0) is 18.2. The van der Waals surface area contributed by atoms with Gasteiger partial charge in [0.25, 0.3) is 5.91 Å². The molecule has 0 spiro atoms. The monoisotopic (exact) mass is 359 g/mol. The van der Waals surface area contributed by atoms with E-state index in [4.69, 9.17) is 11.6 Å². The SMILES string of the molecule is CCCNC(=O)c1ccc(NC(=O)CNc2ccc(C)c(Cl)c2)cc1. The Hall–Kier alpha value is -2.53. The van der Waals surface area contributed by atoms with Gasteiger partial charge in [-0.25, -0.2) is 0 Å². The topological polar surface area (TPSA) is 70.2 Å². The van der Waals surface area contributed by atoms with Crippen LogP contribution in [0.3, 0.4) is 0 Å². The van der Waals surface area contributed by atoms with E-state index in [0.717, 1.165) is 17.7 Å². The van der Waals surface area contributed by atoms with Crippen molar-refractivity contribution in [2.45, 2.75) is 20.3 Å². The first-order valence-corrected chi connectivity index (χ1v) is 8.55. The summed E-state index contributed by atoms with van der Waals surface area (Å²) in [7, 11) is 0. The second-order valence-corrected chi connectivity index (χ2v) is 6.11. The minimum atomic E-state index is -0.181. The highest BCUT2D eigenvalue weighted by molar-refractivity contribution is 6.31. The smallest absolute Gasteiger partial charge is 0.251 e. The third-order valence-electron chi connectivity index (χ3n) is 3.59. The number of amides is 2. The Morgan fingerprint density at radius 1 is 1.04 bits per heavy atom. The van der Waals surface area contributed by atoms with Gasteiger partial charge >= 0.3 is 0 Å². The molecule has 2 amide bonds. The summed E-state index contributed by atoms with van der Waals surface area (Å²) in [6.45, 7) is 4.69. The molecule has 2 aromatic carbocycles. The Morgan fingerprint density at radius 2 is 1.72 bits per heavy atom. The molecule has 25 heavy (non-hydrogen) atoms. The van der Waals surface area contributed by atoms with Gasteiger partial charge in [0.15, 0.2) is 0 Å². The standard InChI is InChI=1S/C19H22ClN3O2/c1-3-10-21-19(25)14-5-8-15(9-6-14)23-18(24)12-22-16-7-4-13(2)17(20)11-16/h4-9,11,22H,3,10,12H2,1-2H3,(H,21,25)(H,23,24). The fourth-order valence-corrected chi connectivity index (χ4v) is 2.32. The number of hydrogen-bond donors (Lipinski definition) is 3. The second-order valence-electron chi connectivity index (χ2n) is 5.70. The summed E-state index contributed by atoms with van der Waals surface area (Å²) in [5.41, 5.74) is 2.98. The maximum absolute atomic E-state index is 12.0. The molecule has 0 heterocycles. The highest BCUT2D eigenvalue weighted by atomic mass is 35.5. The van der Waals surface area contributed by atoms with Crippen molar-refractivity contribution in [1.29, 1.82) is 0 Å². The van der Waals surface area contributed by atoms with E-state index in [9.17, 15) is 9.59 Å². The fourth-order valence-electron chi connectivity index (χ4n) is 2.14. The molecule has 0 bridgehead atoms. The first-order valence-electron chi connectivity index (χ1n) is 8.17. The average Bonchev–Trinajstić information content (AvgIpc) is 2.61. The molecule has 6 heteroatoms. The minimum Gasteiger partial charge on any atom is -0.376 e. The van der Waals surface area contributed by atoms with Crippen LogP contribution < -0.4 is 16.0 Å². The van der Waals surface area contributed by atoms with E-state index in [-0.39, 0.29) is 18.4 Å². The van der Waals surface area contributed by atoms with Gasteiger partial charge in [0.1, 0.15) is 0 Å². The highest BCUT2D eigenvalue weighted by Gasteiger charge is 2.06. The number of carbonyl (C=O) groups excluding carboxylic acids is 2. The van der Waals surface area contributed by atoms with Gasteiger partial charge in [0, 0.05) is 28.5 Å². The molecule has 0 aliphatic heterocycles. The van der Waals surface area contributed by atoms with Crippen LogP contribution in [0.2, 0.25) is 5.02 Å². The van der Waals surface area contributed by atoms with Gasteiger partial charge in [-0.15, -0.1) is 0 Å². The zero-order valence-corrected chi connectivity index (χ0v) is 15.1. The van der Waals surface area contributed by atoms with Crippen LogP contribution >= 0.6 is 11.6 Å². The van der Waals surface area contributed by atoms with Crippen molar-refractivity contribution < 1.29 is 9.59 Å². The Labute approximate surface area is 152 Å². The molecule has 0 unspecified atom stereocenters. The summed E-state index contributed by atoms with van der Waals surface area (Å²) in [5.74, 6) is -0.294. The molecule has 0 fully saturated rings. The lowest BCUT2D eigenvalue weighted by molar-refractivity contribution is -0.114. The number of nitrogens with one attached hydrogen (secondary N) is 3. The second kappa shape index (κ2) is 9.08. The Kier molecular flexibility index (Phi) is 6.83. The predicted molar refractivity (Wildman–Crippen MR) is 102 cm³/mol. The van der Waals surface area contributed by atoms with E-state index in [1.54, 1.807) is 30.3 Å². The molecule has 2 aromatic rings. The minimum absolute atomic E-state index is 0.113. The van der Waals surface area contributed by atoms with E-state index in [1.807, 2.05) is 26.0 Å². The summed E-state index contributed by atoms with van der Waals surface area (Å²) < 4.78 is 0. The summed E-state index contributed by atoms with van der Waals surface area (Å²) >= 11 is 6.06. The van der Waals surface area contributed by atoms with Gasteiger partial charge in [-0.1, -0.05) is 24.6 Å². The van der Waals surface area contributed by atoms with Crippen molar-refractivity contribution >= 4 is 34.8 Å². The van der Waals surface area contributed by atoms with E-state index >= 15 is 0 Å². The molecule has 3 N–H and O–H groups in total. The summed E-state index contributed by atoms with van der Waals surface area (Å²) in [4.78, 5) is 23.8. The lowest BCUT2D eigenvalue weighted by atomic mass is 10.2.